The molecule has 0 saturated carbocycles. The Morgan fingerprint density at radius 1 is 1.12 bits per heavy atom. The topological polar surface area (TPSA) is 216 Å². The molecule has 15 heteroatoms. The number of aliphatic hydroxyl groups excluding tert-OH is 1. The number of hydrogen-bond acceptors (Lipinski definition) is 11. The van der Waals surface area contributed by atoms with Crippen molar-refractivity contribution in [2.75, 3.05) is 45.1 Å². The zero-order valence-electron chi connectivity index (χ0n) is 37.5. The summed E-state index contributed by atoms with van der Waals surface area (Å²) >= 11 is -0.116. The molecule has 1 fully saturated rings. The van der Waals surface area contributed by atoms with Crippen LogP contribution in [0.4, 0.5) is 5.69 Å². The molecule has 4 atom stereocenters. The SMILES string of the molecule is CC.CC[As]C(C/C(N)=C/N(N)CCN(CC(=O)NCC(C)(C)COCC(C)(C)CC(=O)O)C(=O)CCCC#CC(C)C)c1ccc(OC2OC(C)CCC2O)c(N)c1. The summed E-state index contributed by atoms with van der Waals surface area (Å²) in [6, 6.07) is 5.70. The average molecular weight is 892 g/mol. The first kappa shape index (κ1) is 53.5. The van der Waals surface area contributed by atoms with Crippen molar-refractivity contribution >= 4 is 39.2 Å². The number of hydrogen-bond donors (Lipinski definition) is 6. The number of rotatable bonds is 24. The molecule has 4 unspecified atom stereocenters. The molecular formula is C44H76AsN6O8. The molecule has 2 rings (SSSR count). The summed E-state index contributed by atoms with van der Waals surface area (Å²) in [5.41, 5.74) is 14.1. The van der Waals surface area contributed by atoms with Crippen LogP contribution in [0.15, 0.2) is 30.1 Å². The van der Waals surface area contributed by atoms with Gasteiger partial charge < -0.3 is 9.84 Å². The third-order valence-electron chi connectivity index (χ3n) is 9.15. The number of hydrazine groups is 1. The van der Waals surface area contributed by atoms with E-state index in [-0.39, 0.29) is 83.4 Å². The number of nitrogens with one attached hydrogen (secondary N) is 1. The number of nitrogens with two attached hydrogens (primary N) is 3. The number of aliphatic hydroxyl groups is 1. The predicted molar refractivity (Wildman–Crippen MR) is 236 cm³/mol. The monoisotopic (exact) mass is 891 g/mol. The Bertz CT molecular complexity index is 1530. The van der Waals surface area contributed by atoms with E-state index in [9.17, 15) is 19.5 Å². The van der Waals surface area contributed by atoms with Gasteiger partial charge in [0.2, 0.25) is 0 Å². The molecule has 9 N–H and O–H groups in total. The number of allylic oxidation sites excluding steroid dienone is 1. The van der Waals surface area contributed by atoms with Crippen LogP contribution in [0.5, 0.6) is 5.75 Å². The van der Waals surface area contributed by atoms with Gasteiger partial charge in [-0.15, -0.1) is 11.8 Å². The molecule has 1 radical (unpaired) electrons. The fraction of sp³-hybridized carbons (Fsp3) is 0.705. The standard InChI is InChI=1S/C42H70AsN6O8.C2H6/c1-9-43-33(31-16-18-36(34(45)21-31)57-40-35(50)17-15-30(4)56-40)22-32(44)24-49(46)20-19-48(38(52)14-12-10-11-13-29(2)3)25-37(51)47-26-42(7,8)28-55-27-41(5,6)23-39(53)54;1-2/h16,18,21,24,29-30,33,35,40,50H,9-10,12,14-15,17,19-20,22-23,25-28,44-46H2,1-8H3,(H,47,51)(H,53,54);1-2H3/b32-24-;. The molecule has 1 aromatic carbocycles. The maximum absolute atomic E-state index is 13.4. The van der Waals surface area contributed by atoms with Gasteiger partial charge >= 0.3 is 244 Å². The number of carboxylic acid groups (broad SMARTS) is 1. The van der Waals surface area contributed by atoms with E-state index in [2.05, 4.69) is 24.1 Å². The Balaban J connectivity index is 0.00000856. The summed E-state index contributed by atoms with van der Waals surface area (Å²) < 4.78 is 17.7. The minimum absolute atomic E-state index is 0.00826. The number of anilines is 1. The van der Waals surface area contributed by atoms with E-state index in [0.29, 0.717) is 56.0 Å². The van der Waals surface area contributed by atoms with E-state index in [4.69, 9.17) is 36.6 Å². The van der Waals surface area contributed by atoms with Crippen molar-refractivity contribution in [3.05, 3.63) is 35.7 Å². The summed E-state index contributed by atoms with van der Waals surface area (Å²) in [4.78, 5) is 39.2. The number of carbonyl (C=O) groups is 3. The number of amides is 2. The molecular weight excluding hydrogens is 815 g/mol. The molecule has 1 saturated heterocycles. The van der Waals surface area contributed by atoms with Crippen molar-refractivity contribution in [3.8, 4) is 17.6 Å². The third-order valence-corrected chi connectivity index (χ3v) is 11.9. The summed E-state index contributed by atoms with van der Waals surface area (Å²) in [6.45, 7) is 20.9. The first-order chi connectivity index (χ1) is 27.7. The van der Waals surface area contributed by atoms with Crippen molar-refractivity contribution in [3.63, 3.8) is 0 Å². The van der Waals surface area contributed by atoms with Crippen molar-refractivity contribution in [1.82, 2.24) is 15.2 Å². The van der Waals surface area contributed by atoms with E-state index in [0.717, 1.165) is 17.2 Å². The molecule has 1 heterocycles. The Hall–Kier alpha value is -3.47. The van der Waals surface area contributed by atoms with E-state index < -0.39 is 29.2 Å². The number of benzene rings is 1. The zero-order valence-corrected chi connectivity index (χ0v) is 39.4. The third kappa shape index (κ3) is 22.6. The molecule has 2 amide bonds. The molecule has 0 spiro atoms. The van der Waals surface area contributed by atoms with Crippen molar-refractivity contribution in [2.24, 2.45) is 28.3 Å². The van der Waals surface area contributed by atoms with Gasteiger partial charge in [0.1, 0.15) is 0 Å². The van der Waals surface area contributed by atoms with Crippen molar-refractivity contribution in [1.29, 1.82) is 0 Å². The summed E-state index contributed by atoms with van der Waals surface area (Å²) in [5.74, 6) is 12.0. The first-order valence-electron chi connectivity index (χ1n) is 21.1. The van der Waals surface area contributed by atoms with Gasteiger partial charge in [0.15, 0.2) is 0 Å². The quantitative estimate of drug-likeness (QED) is 0.0192. The Morgan fingerprint density at radius 3 is 2.42 bits per heavy atom. The molecule has 1 aliphatic heterocycles. The van der Waals surface area contributed by atoms with Crippen LogP contribution in [0.2, 0.25) is 5.21 Å². The first-order valence-corrected chi connectivity index (χ1v) is 23.5. The Kier molecular flexibility index (Phi) is 24.9. The van der Waals surface area contributed by atoms with Crippen LogP contribution in [0.3, 0.4) is 0 Å². The van der Waals surface area contributed by atoms with Gasteiger partial charge in [-0.25, -0.2) is 0 Å². The van der Waals surface area contributed by atoms with E-state index in [1.54, 1.807) is 6.20 Å². The van der Waals surface area contributed by atoms with Gasteiger partial charge in [-0.05, 0) is 5.41 Å². The second-order valence-corrected chi connectivity index (χ2v) is 20.2. The van der Waals surface area contributed by atoms with Crippen LogP contribution >= 0.6 is 0 Å². The molecule has 0 aliphatic carbocycles. The van der Waals surface area contributed by atoms with E-state index >= 15 is 0 Å². The van der Waals surface area contributed by atoms with E-state index in [1.807, 2.05) is 80.5 Å². The number of carbonyl (C=O) groups excluding carboxylic acids is 2. The van der Waals surface area contributed by atoms with Gasteiger partial charge in [0.05, 0.1) is 19.6 Å². The molecule has 1 aliphatic rings. The summed E-state index contributed by atoms with van der Waals surface area (Å²) in [5, 5.41) is 24.9. The van der Waals surface area contributed by atoms with Crippen LogP contribution < -0.4 is 27.4 Å². The number of carboxylic acids is 1. The van der Waals surface area contributed by atoms with Crippen molar-refractivity contribution in [2.45, 2.75) is 143 Å². The molecule has 59 heavy (non-hydrogen) atoms. The molecule has 335 valence electrons. The fourth-order valence-electron chi connectivity index (χ4n) is 6.08. The van der Waals surface area contributed by atoms with Crippen LogP contribution in [-0.2, 0) is 23.9 Å². The average Bonchev–Trinajstić information content (AvgIpc) is 3.14. The Morgan fingerprint density at radius 2 is 1.80 bits per heavy atom. The van der Waals surface area contributed by atoms with Gasteiger partial charge in [0, 0.05) is 11.3 Å². The van der Waals surface area contributed by atoms with Crippen LogP contribution in [0.25, 0.3) is 0 Å². The second kappa shape index (κ2) is 27.4. The van der Waals surface area contributed by atoms with Gasteiger partial charge in [-0.2, -0.15) is 0 Å². The molecule has 0 bridgehead atoms. The molecule has 0 aromatic heterocycles. The van der Waals surface area contributed by atoms with Crippen LogP contribution in [0, 0.1) is 28.6 Å². The predicted octanol–water partition coefficient (Wildman–Crippen LogP) is 5.43. The Labute approximate surface area is 361 Å². The normalized spacial score (nSPS) is 17.7. The van der Waals surface area contributed by atoms with Crippen molar-refractivity contribution < 1.29 is 38.8 Å². The maximum atomic E-state index is 13.4. The van der Waals surface area contributed by atoms with Crippen LogP contribution in [0.1, 0.15) is 124 Å². The zero-order chi connectivity index (χ0) is 44.8. The van der Waals surface area contributed by atoms with E-state index in [1.165, 1.54) is 9.91 Å². The number of ether oxygens (including phenoxy) is 3. The molecule has 14 nitrogen and oxygen atoms in total. The van der Waals surface area contributed by atoms with Gasteiger partial charge in [-0.3, -0.25) is 4.79 Å². The number of nitrogens with zero attached hydrogens (tertiary/aromatic N) is 2. The summed E-state index contributed by atoms with van der Waals surface area (Å²) in [6.07, 6.45) is 3.50. The number of unbranched alkanes of at least 4 members (excludes halogenated alkanes) is 1. The van der Waals surface area contributed by atoms with Gasteiger partial charge in [-0.1, -0.05) is 55.4 Å². The van der Waals surface area contributed by atoms with Gasteiger partial charge in [0.25, 0.3) is 0 Å². The minimum atomic E-state index is -0.880. The molecule has 1 aromatic rings. The number of aliphatic carboxylic acids is 1. The fourth-order valence-corrected chi connectivity index (χ4v) is 8.49. The number of nitrogen functional groups attached to an aromatic ring is 1. The van der Waals surface area contributed by atoms with Crippen LogP contribution in [-0.4, -0.2) is 112 Å². The summed E-state index contributed by atoms with van der Waals surface area (Å²) in [7, 11) is 0. The second-order valence-electron chi connectivity index (χ2n) is 16.8.